The number of hydrogen-bond acceptors (Lipinski definition) is 3. The molecule has 0 spiro atoms. The molecule has 0 aliphatic heterocycles. The highest BCUT2D eigenvalue weighted by atomic mass is 35.5. The summed E-state index contributed by atoms with van der Waals surface area (Å²) in [6.07, 6.45) is -4.57. The molecule has 3 aromatic carbocycles. The first kappa shape index (κ1) is 21.4. The average molecular weight is 462 g/mol. The minimum atomic E-state index is -4.57. The van der Waals surface area contributed by atoms with Gasteiger partial charge in [-0.2, -0.15) is 13.2 Å². The van der Waals surface area contributed by atoms with Gasteiger partial charge in [0.25, 0.3) is 0 Å². The highest BCUT2D eigenvalue weighted by molar-refractivity contribution is 7.56. The van der Waals surface area contributed by atoms with Crippen molar-refractivity contribution in [1.29, 1.82) is 0 Å². The first-order valence-electron chi connectivity index (χ1n) is 8.10. The monoisotopic (exact) mass is 461 g/mol. The Hall–Kier alpha value is -2.34. The summed E-state index contributed by atoms with van der Waals surface area (Å²) in [6, 6.07) is 16.5. The van der Waals surface area contributed by atoms with E-state index < -0.39 is 19.5 Å². The molecule has 4 nitrogen and oxygen atoms in total. The minimum Gasteiger partial charge on any atom is -0.399 e. The summed E-state index contributed by atoms with van der Waals surface area (Å²) >= 11 is 12.1. The van der Waals surface area contributed by atoms with Crippen LogP contribution in [0.15, 0.2) is 72.8 Å². The molecule has 0 saturated heterocycles. The van der Waals surface area contributed by atoms with Crippen LogP contribution in [-0.4, -0.2) is 0 Å². The SMILES string of the molecule is O=P(Nc1cccc(C(F)(F)F)c1)(Oc1ccccc1Cl)Oc1ccccc1Cl. The fourth-order valence-electron chi connectivity index (χ4n) is 2.28. The van der Waals surface area contributed by atoms with Crippen LogP contribution in [0.3, 0.4) is 0 Å². The van der Waals surface area contributed by atoms with Crippen molar-refractivity contribution in [3.63, 3.8) is 0 Å². The molecule has 0 aliphatic rings. The standard InChI is InChI=1S/C19H13Cl2F3NO3P/c20-15-8-1-3-10-17(15)27-29(26,28-18-11-4-2-9-16(18)21)25-14-7-5-6-13(12-14)19(22,23)24/h1-12H,(H,25,26). The van der Waals surface area contributed by atoms with E-state index in [0.717, 1.165) is 12.1 Å². The molecule has 29 heavy (non-hydrogen) atoms. The van der Waals surface area contributed by atoms with E-state index in [0.29, 0.717) is 0 Å². The maximum Gasteiger partial charge on any atom is 0.541 e. The zero-order valence-corrected chi connectivity index (χ0v) is 16.9. The maximum absolute atomic E-state index is 13.4. The van der Waals surface area contributed by atoms with E-state index in [2.05, 4.69) is 5.09 Å². The van der Waals surface area contributed by atoms with Crippen LogP contribution in [0, 0.1) is 0 Å². The molecule has 0 unspecified atom stereocenters. The number of hydrogen-bond donors (Lipinski definition) is 1. The number of halogens is 5. The minimum absolute atomic E-state index is 0.0176. The molecule has 0 saturated carbocycles. The van der Waals surface area contributed by atoms with Crippen molar-refractivity contribution in [2.45, 2.75) is 6.18 Å². The molecule has 1 N–H and O–H groups in total. The van der Waals surface area contributed by atoms with E-state index in [4.69, 9.17) is 32.2 Å². The lowest BCUT2D eigenvalue weighted by Crippen LogP contribution is -2.11. The Balaban J connectivity index is 1.98. The molecule has 0 aliphatic carbocycles. The molecular weight excluding hydrogens is 449 g/mol. The van der Waals surface area contributed by atoms with Crippen molar-refractivity contribution in [2.24, 2.45) is 0 Å². The number of benzene rings is 3. The lowest BCUT2D eigenvalue weighted by Gasteiger charge is -2.22. The summed E-state index contributed by atoms with van der Waals surface area (Å²) in [7, 11) is -4.30. The van der Waals surface area contributed by atoms with E-state index in [1.165, 1.54) is 36.4 Å². The average Bonchev–Trinajstić information content (AvgIpc) is 2.65. The second-order valence-electron chi connectivity index (χ2n) is 5.73. The van der Waals surface area contributed by atoms with Crippen molar-refractivity contribution in [3.8, 4) is 11.5 Å². The Morgan fingerprint density at radius 2 is 1.31 bits per heavy atom. The summed E-state index contributed by atoms with van der Waals surface area (Å²) in [6.45, 7) is 0. The Morgan fingerprint density at radius 3 is 1.79 bits per heavy atom. The van der Waals surface area contributed by atoms with Gasteiger partial charge < -0.3 is 9.05 Å². The molecule has 0 heterocycles. The number of alkyl halides is 3. The van der Waals surface area contributed by atoms with Crippen molar-refractivity contribution in [2.75, 3.05) is 5.09 Å². The Labute approximate surface area is 174 Å². The quantitative estimate of drug-likeness (QED) is 0.382. The number of anilines is 1. The van der Waals surface area contributed by atoms with Crippen molar-refractivity contribution in [3.05, 3.63) is 88.4 Å². The molecule has 152 valence electrons. The topological polar surface area (TPSA) is 47.6 Å². The van der Waals surface area contributed by atoms with E-state index in [-0.39, 0.29) is 27.2 Å². The van der Waals surface area contributed by atoms with Crippen LogP contribution in [0.5, 0.6) is 11.5 Å². The summed E-state index contributed by atoms with van der Waals surface area (Å²) in [5, 5.41) is 2.69. The third kappa shape index (κ3) is 5.60. The smallest absolute Gasteiger partial charge is 0.399 e. The van der Waals surface area contributed by atoms with Crippen LogP contribution in [0.2, 0.25) is 10.0 Å². The summed E-state index contributed by atoms with van der Waals surface area (Å²) < 4.78 is 63.4. The van der Waals surface area contributed by atoms with Crippen LogP contribution in [0.1, 0.15) is 5.56 Å². The second-order valence-corrected chi connectivity index (χ2v) is 8.13. The van der Waals surface area contributed by atoms with E-state index in [1.807, 2.05) is 0 Å². The lowest BCUT2D eigenvalue weighted by molar-refractivity contribution is -0.137. The third-order valence-corrected chi connectivity index (χ3v) is 5.60. The number of nitrogens with one attached hydrogen (secondary N) is 1. The number of rotatable bonds is 6. The summed E-state index contributed by atoms with van der Waals surface area (Å²) in [4.78, 5) is 0. The van der Waals surface area contributed by atoms with Gasteiger partial charge in [0.1, 0.15) is 0 Å². The van der Waals surface area contributed by atoms with Crippen LogP contribution in [0.4, 0.5) is 18.9 Å². The van der Waals surface area contributed by atoms with Gasteiger partial charge in [-0.1, -0.05) is 53.5 Å². The fourth-order valence-corrected chi connectivity index (χ4v) is 4.16. The third-order valence-electron chi connectivity index (χ3n) is 3.57. The Bertz CT molecular complexity index is 1010. The summed E-state index contributed by atoms with van der Waals surface area (Å²) in [5.41, 5.74) is -1.05. The predicted molar refractivity (Wildman–Crippen MR) is 107 cm³/mol. The fraction of sp³-hybridized carbons (Fsp3) is 0.0526. The van der Waals surface area contributed by atoms with Gasteiger partial charge in [0, 0.05) is 5.69 Å². The first-order chi connectivity index (χ1) is 13.7. The molecule has 0 amide bonds. The van der Waals surface area contributed by atoms with Crippen molar-refractivity contribution in [1.82, 2.24) is 0 Å². The summed E-state index contributed by atoms with van der Waals surface area (Å²) in [5.74, 6) is 0.0352. The molecule has 10 heteroatoms. The van der Waals surface area contributed by atoms with Gasteiger partial charge in [-0.05, 0) is 42.5 Å². The molecule has 0 aromatic heterocycles. The van der Waals surface area contributed by atoms with Gasteiger partial charge in [0.05, 0.1) is 15.6 Å². The first-order valence-corrected chi connectivity index (χ1v) is 10.4. The van der Waals surface area contributed by atoms with Crippen LogP contribution >= 0.6 is 30.9 Å². The van der Waals surface area contributed by atoms with Gasteiger partial charge in [-0.15, -0.1) is 0 Å². The molecule has 0 bridgehead atoms. The zero-order chi connectivity index (χ0) is 21.1. The second kappa shape index (κ2) is 8.57. The Morgan fingerprint density at radius 1 is 0.793 bits per heavy atom. The van der Waals surface area contributed by atoms with Crippen LogP contribution < -0.4 is 14.1 Å². The maximum atomic E-state index is 13.4. The predicted octanol–water partition coefficient (Wildman–Crippen LogP) is 7.69. The van der Waals surface area contributed by atoms with Gasteiger partial charge in [0.2, 0.25) is 0 Å². The Kier molecular flexibility index (Phi) is 6.32. The van der Waals surface area contributed by atoms with Gasteiger partial charge in [-0.3, -0.25) is 5.09 Å². The lowest BCUT2D eigenvalue weighted by atomic mass is 10.2. The zero-order valence-electron chi connectivity index (χ0n) is 14.5. The van der Waals surface area contributed by atoms with Crippen molar-refractivity contribution < 1.29 is 26.8 Å². The van der Waals surface area contributed by atoms with E-state index >= 15 is 0 Å². The number of para-hydroxylation sites is 2. The van der Waals surface area contributed by atoms with E-state index in [9.17, 15) is 17.7 Å². The van der Waals surface area contributed by atoms with Crippen molar-refractivity contribution >= 4 is 36.6 Å². The van der Waals surface area contributed by atoms with E-state index in [1.54, 1.807) is 24.3 Å². The van der Waals surface area contributed by atoms with Gasteiger partial charge in [0.15, 0.2) is 11.5 Å². The van der Waals surface area contributed by atoms with Crippen LogP contribution in [-0.2, 0) is 10.7 Å². The van der Waals surface area contributed by atoms with Crippen LogP contribution in [0.25, 0.3) is 0 Å². The molecule has 0 atom stereocenters. The highest BCUT2D eigenvalue weighted by Crippen LogP contribution is 2.51. The highest BCUT2D eigenvalue weighted by Gasteiger charge is 2.33. The van der Waals surface area contributed by atoms with Gasteiger partial charge in [-0.25, -0.2) is 4.57 Å². The molecule has 3 rings (SSSR count). The molecule has 3 aromatic rings. The normalized spacial score (nSPS) is 11.8. The molecule has 0 fully saturated rings. The molecule has 0 radical (unpaired) electrons. The largest absolute Gasteiger partial charge is 0.541 e. The van der Waals surface area contributed by atoms with Gasteiger partial charge >= 0.3 is 13.9 Å². The molecular formula is C19H13Cl2F3NO3P.